The summed E-state index contributed by atoms with van der Waals surface area (Å²) in [5.74, 6) is -2.05. The second kappa shape index (κ2) is 16.8. The number of rotatable bonds is 16. The summed E-state index contributed by atoms with van der Waals surface area (Å²) in [5, 5.41) is 6.15. The van der Waals surface area contributed by atoms with Crippen LogP contribution in [0, 0.1) is 45.8 Å². The van der Waals surface area contributed by atoms with Crippen LogP contribution in [0.5, 0.6) is 0 Å². The van der Waals surface area contributed by atoms with E-state index in [1.165, 1.54) is 4.90 Å². The Bertz CT molecular complexity index is 1550. The lowest BCUT2D eigenvalue weighted by Gasteiger charge is -2.40. The first-order valence-electron chi connectivity index (χ1n) is 21.8. The van der Waals surface area contributed by atoms with E-state index in [1.807, 2.05) is 34.6 Å². The molecule has 11 heteroatoms. The van der Waals surface area contributed by atoms with Crippen LogP contribution in [0.15, 0.2) is 12.7 Å². The van der Waals surface area contributed by atoms with Crippen LogP contribution in [-0.4, -0.2) is 82.1 Å². The summed E-state index contributed by atoms with van der Waals surface area (Å²) in [6.45, 7) is 13.9. The van der Waals surface area contributed by atoms with Crippen molar-refractivity contribution in [2.24, 2.45) is 45.8 Å². The molecular formula is C45H68N4O7. The highest BCUT2D eigenvalue weighted by Gasteiger charge is 2.63. The zero-order chi connectivity index (χ0) is 40.6. The van der Waals surface area contributed by atoms with Crippen molar-refractivity contribution in [1.29, 1.82) is 0 Å². The molecule has 2 N–H and O–H groups in total. The van der Waals surface area contributed by atoms with Crippen LogP contribution in [0.2, 0.25) is 0 Å². The second-order valence-corrected chi connectivity index (χ2v) is 20.4. The molecule has 1 unspecified atom stereocenters. The van der Waals surface area contributed by atoms with Gasteiger partial charge < -0.3 is 15.5 Å². The minimum Gasteiger partial charge on any atom is -0.333 e. The predicted molar refractivity (Wildman–Crippen MR) is 213 cm³/mol. The van der Waals surface area contributed by atoms with Crippen molar-refractivity contribution in [2.45, 2.75) is 168 Å². The minimum absolute atomic E-state index is 0.000528. The highest BCUT2D eigenvalue weighted by atomic mass is 16.2. The zero-order valence-corrected chi connectivity index (χ0v) is 34.8. The molecule has 11 nitrogen and oxygen atoms in total. The van der Waals surface area contributed by atoms with Crippen molar-refractivity contribution < 1.29 is 33.6 Å². The monoisotopic (exact) mass is 777 g/mol. The van der Waals surface area contributed by atoms with Crippen molar-refractivity contribution in [3.8, 4) is 0 Å². The highest BCUT2D eigenvalue weighted by molar-refractivity contribution is 6.38. The molecule has 2 aliphatic heterocycles. The van der Waals surface area contributed by atoms with Crippen LogP contribution >= 0.6 is 0 Å². The maximum absolute atomic E-state index is 15.1. The molecule has 310 valence electrons. The van der Waals surface area contributed by atoms with E-state index < -0.39 is 52.5 Å². The molecule has 6 rings (SSSR count). The Labute approximate surface area is 334 Å². The van der Waals surface area contributed by atoms with Gasteiger partial charge in [-0.1, -0.05) is 79.2 Å². The number of amides is 5. The molecular weight excluding hydrogens is 709 g/mol. The molecule has 0 aromatic rings. The molecule has 4 saturated carbocycles. The van der Waals surface area contributed by atoms with E-state index in [-0.39, 0.29) is 78.9 Å². The number of imide groups is 1. The van der Waals surface area contributed by atoms with Gasteiger partial charge in [-0.15, -0.1) is 6.58 Å². The average molecular weight is 777 g/mol. The number of likely N-dealkylation sites (tertiary alicyclic amines) is 2. The third-order valence-corrected chi connectivity index (χ3v) is 14.7. The summed E-state index contributed by atoms with van der Waals surface area (Å²) in [6, 6.07) is -2.65. The number of allylic oxidation sites excluding steroid dienone is 1. The standard InChI is InChI=1S/C45H68N4O7/c1-7-8-17-33(50)40(54)30(22-28-13-12-14-28)23-34(51)39-31-18-19-45(20-21-45)32(31)26-49(39)41(55)38(29-15-10-9-11-16-29)47-42(56)46-35(43(2,3)4)27-48-36(52)24-44(5,6)25-37(48)53/h7,28-32,35,38-39H,1,8-27H2,2-6H3,(H2,46,47,56)/t30?,31-,32-,35+,38-,39-/m0/s1. The molecule has 5 amide bonds. The van der Waals surface area contributed by atoms with Gasteiger partial charge in [0.1, 0.15) is 6.04 Å². The first-order chi connectivity index (χ1) is 26.4. The van der Waals surface area contributed by atoms with Gasteiger partial charge in [0, 0.05) is 44.7 Å². The van der Waals surface area contributed by atoms with E-state index in [0.717, 1.165) is 77.0 Å². The van der Waals surface area contributed by atoms with E-state index in [4.69, 9.17) is 0 Å². The second-order valence-electron chi connectivity index (χ2n) is 20.4. The number of hydrogen-bond acceptors (Lipinski definition) is 7. The number of fused-ring (bicyclic) bond motifs is 2. The SMILES string of the molecule is C=CCCC(=O)C(=O)C(CC(=O)[C@@H]1[C@H]2CCC3(CC3)[C@H]2CN1C(=O)[C@@H](NC(=O)N[C@H](CN1C(=O)CC(C)(C)CC1=O)C(C)(C)C)C1CCCCC1)CC1CCC1. The number of urea groups is 1. The normalized spacial score (nSPS) is 27.6. The Hall–Kier alpha value is -3.37. The summed E-state index contributed by atoms with van der Waals surface area (Å²) >= 11 is 0. The number of carbonyl (C=O) groups excluding carboxylic acids is 7. The molecule has 2 saturated heterocycles. The predicted octanol–water partition coefficient (Wildman–Crippen LogP) is 6.71. The summed E-state index contributed by atoms with van der Waals surface area (Å²) < 4.78 is 0. The van der Waals surface area contributed by atoms with Crippen LogP contribution in [-0.2, 0) is 28.8 Å². The van der Waals surface area contributed by atoms with E-state index in [2.05, 4.69) is 17.2 Å². The molecule has 2 heterocycles. The first kappa shape index (κ1) is 42.2. The fraction of sp³-hybridized carbons (Fsp3) is 0.800. The third-order valence-electron chi connectivity index (χ3n) is 14.7. The Kier molecular flexibility index (Phi) is 12.7. The molecule has 0 bridgehead atoms. The Morgan fingerprint density at radius 2 is 1.55 bits per heavy atom. The topological polar surface area (TPSA) is 150 Å². The molecule has 0 radical (unpaired) electrons. The lowest BCUT2D eigenvalue weighted by molar-refractivity contribution is -0.153. The maximum atomic E-state index is 15.1. The number of piperidine rings is 1. The van der Waals surface area contributed by atoms with Crippen LogP contribution in [0.1, 0.15) is 150 Å². The summed E-state index contributed by atoms with van der Waals surface area (Å²) in [7, 11) is 0. The van der Waals surface area contributed by atoms with Crippen LogP contribution in [0.3, 0.4) is 0 Å². The zero-order valence-electron chi connectivity index (χ0n) is 34.8. The van der Waals surface area contributed by atoms with Gasteiger partial charge in [0.2, 0.25) is 23.5 Å². The number of nitrogens with zero attached hydrogens (tertiary/aromatic N) is 2. The van der Waals surface area contributed by atoms with Crippen LogP contribution in [0.25, 0.3) is 0 Å². The van der Waals surface area contributed by atoms with E-state index >= 15 is 4.79 Å². The Morgan fingerprint density at radius 3 is 2.12 bits per heavy atom. The van der Waals surface area contributed by atoms with E-state index in [0.29, 0.717) is 25.3 Å². The molecule has 56 heavy (non-hydrogen) atoms. The van der Waals surface area contributed by atoms with Gasteiger partial charge in [-0.2, -0.15) is 0 Å². The van der Waals surface area contributed by atoms with Gasteiger partial charge in [-0.3, -0.25) is 33.7 Å². The third kappa shape index (κ3) is 9.33. The first-order valence-corrected chi connectivity index (χ1v) is 21.8. The molecule has 4 aliphatic carbocycles. The summed E-state index contributed by atoms with van der Waals surface area (Å²) in [4.78, 5) is 99.8. The van der Waals surface area contributed by atoms with Crippen molar-refractivity contribution in [2.75, 3.05) is 13.1 Å². The fourth-order valence-corrected chi connectivity index (χ4v) is 10.8. The maximum Gasteiger partial charge on any atom is 0.315 e. The summed E-state index contributed by atoms with van der Waals surface area (Å²) in [6.07, 6.45) is 14.8. The van der Waals surface area contributed by atoms with E-state index in [9.17, 15) is 28.8 Å². The van der Waals surface area contributed by atoms with Crippen molar-refractivity contribution >= 4 is 41.1 Å². The molecule has 6 aliphatic rings. The molecule has 6 atom stereocenters. The molecule has 0 aromatic heterocycles. The largest absolute Gasteiger partial charge is 0.333 e. The molecule has 6 fully saturated rings. The minimum atomic E-state index is -0.855. The van der Waals surface area contributed by atoms with Gasteiger partial charge in [0.05, 0.1) is 12.1 Å². The fourth-order valence-electron chi connectivity index (χ4n) is 10.8. The lowest BCUT2D eigenvalue weighted by Crippen LogP contribution is -2.61. The lowest BCUT2D eigenvalue weighted by atomic mass is 9.75. The van der Waals surface area contributed by atoms with E-state index in [1.54, 1.807) is 11.0 Å². The number of nitrogens with one attached hydrogen (secondary N) is 2. The van der Waals surface area contributed by atoms with Gasteiger partial charge in [-0.25, -0.2) is 4.79 Å². The number of hydrogen-bond donors (Lipinski definition) is 2. The van der Waals surface area contributed by atoms with Gasteiger partial charge in [-0.05, 0) is 91.3 Å². The number of Topliss-reactive ketones (excluding diaryl/α,β-unsaturated/α-hetero) is 3. The van der Waals surface area contributed by atoms with Gasteiger partial charge in [0.25, 0.3) is 0 Å². The van der Waals surface area contributed by atoms with Gasteiger partial charge >= 0.3 is 6.03 Å². The van der Waals surface area contributed by atoms with Gasteiger partial charge in [0.15, 0.2) is 11.6 Å². The van der Waals surface area contributed by atoms with Crippen molar-refractivity contribution in [3.05, 3.63) is 12.7 Å². The molecule has 0 aromatic carbocycles. The van der Waals surface area contributed by atoms with Crippen LogP contribution in [0.4, 0.5) is 4.79 Å². The number of carbonyl (C=O) groups is 7. The smallest absolute Gasteiger partial charge is 0.315 e. The number of ketones is 3. The average Bonchev–Trinajstić information content (AvgIpc) is 3.68. The Balaban J connectivity index is 1.23. The molecule has 1 spiro atoms. The quantitative estimate of drug-likeness (QED) is 0.101. The highest BCUT2D eigenvalue weighted by Crippen LogP contribution is 2.66. The van der Waals surface area contributed by atoms with Crippen molar-refractivity contribution in [3.63, 3.8) is 0 Å². The summed E-state index contributed by atoms with van der Waals surface area (Å²) in [5.41, 5.74) is -0.773. The Morgan fingerprint density at radius 1 is 0.893 bits per heavy atom. The van der Waals surface area contributed by atoms with Crippen molar-refractivity contribution in [1.82, 2.24) is 20.4 Å². The van der Waals surface area contributed by atoms with Crippen LogP contribution < -0.4 is 10.6 Å².